The summed E-state index contributed by atoms with van der Waals surface area (Å²) in [4.78, 5) is 23.6. The summed E-state index contributed by atoms with van der Waals surface area (Å²) >= 11 is 0. The van der Waals surface area contributed by atoms with E-state index in [9.17, 15) is 18.0 Å². The minimum Gasteiger partial charge on any atom is -0.464 e. The normalized spacial score (nSPS) is 12.5. The molecule has 1 aromatic carbocycles. The van der Waals surface area contributed by atoms with Gasteiger partial charge in [0.05, 0.1) is 13.0 Å². The van der Waals surface area contributed by atoms with Crippen molar-refractivity contribution in [3.8, 4) is 0 Å². The van der Waals surface area contributed by atoms with Crippen LogP contribution in [0.15, 0.2) is 30.3 Å². The maximum absolute atomic E-state index is 11.9. The molecular formula is C14H19NO6S. The molecule has 122 valence electrons. The summed E-state index contributed by atoms with van der Waals surface area (Å²) in [5.41, 5.74) is 0.715. The number of hydrogen-bond donors (Lipinski definition) is 2. The first-order chi connectivity index (χ1) is 10.3. The molecule has 1 aromatic rings. The van der Waals surface area contributed by atoms with Gasteiger partial charge in [0.25, 0.3) is 10.1 Å². The molecule has 0 radical (unpaired) electrons. The van der Waals surface area contributed by atoms with Crippen LogP contribution in [0.1, 0.15) is 18.9 Å². The smallest absolute Gasteiger partial charge is 0.329 e. The van der Waals surface area contributed by atoms with Gasteiger partial charge in [0.2, 0.25) is 5.91 Å². The zero-order valence-electron chi connectivity index (χ0n) is 12.2. The molecule has 2 N–H and O–H groups in total. The van der Waals surface area contributed by atoms with Crippen LogP contribution < -0.4 is 5.32 Å². The maximum Gasteiger partial charge on any atom is 0.329 e. The van der Waals surface area contributed by atoms with Gasteiger partial charge in [-0.05, 0) is 12.0 Å². The van der Waals surface area contributed by atoms with Gasteiger partial charge in [-0.1, -0.05) is 37.3 Å². The quantitative estimate of drug-likeness (QED) is 0.532. The van der Waals surface area contributed by atoms with Crippen molar-refractivity contribution in [1.29, 1.82) is 0 Å². The third-order valence-electron chi connectivity index (χ3n) is 2.65. The molecule has 1 amide bonds. The second kappa shape index (κ2) is 8.50. The Hall–Kier alpha value is -1.93. The third kappa shape index (κ3) is 7.19. The van der Waals surface area contributed by atoms with Crippen molar-refractivity contribution in [1.82, 2.24) is 5.32 Å². The number of benzene rings is 1. The number of nitrogens with one attached hydrogen (secondary N) is 1. The molecule has 1 rings (SSSR count). The molecule has 0 spiro atoms. The van der Waals surface area contributed by atoms with Gasteiger partial charge in [-0.2, -0.15) is 8.42 Å². The minimum absolute atomic E-state index is 0.0100. The van der Waals surface area contributed by atoms with Crippen LogP contribution in [-0.4, -0.2) is 43.2 Å². The fourth-order valence-corrected chi connectivity index (χ4v) is 2.35. The molecule has 0 fully saturated rings. The monoisotopic (exact) mass is 329 g/mol. The van der Waals surface area contributed by atoms with Gasteiger partial charge < -0.3 is 10.1 Å². The largest absolute Gasteiger partial charge is 0.464 e. The Morgan fingerprint density at radius 1 is 1.27 bits per heavy atom. The Morgan fingerprint density at radius 2 is 1.91 bits per heavy atom. The second-order valence-corrected chi connectivity index (χ2v) is 6.20. The van der Waals surface area contributed by atoms with E-state index in [4.69, 9.17) is 9.29 Å². The number of ether oxygens (including phenoxy) is 1. The van der Waals surface area contributed by atoms with Crippen LogP contribution in [0.3, 0.4) is 0 Å². The molecule has 0 aliphatic heterocycles. The predicted molar refractivity (Wildman–Crippen MR) is 79.7 cm³/mol. The Bertz CT molecular complexity index is 599. The highest BCUT2D eigenvalue weighted by atomic mass is 32.2. The first-order valence-corrected chi connectivity index (χ1v) is 8.38. The van der Waals surface area contributed by atoms with Gasteiger partial charge >= 0.3 is 5.97 Å². The molecule has 0 saturated heterocycles. The van der Waals surface area contributed by atoms with Crippen molar-refractivity contribution >= 4 is 22.0 Å². The predicted octanol–water partition coefficient (Wildman–Crippen LogP) is 0.555. The van der Waals surface area contributed by atoms with Crippen molar-refractivity contribution in [2.24, 2.45) is 0 Å². The summed E-state index contributed by atoms with van der Waals surface area (Å²) in [6.45, 7) is 1.88. The lowest BCUT2D eigenvalue weighted by molar-refractivity contribution is -0.147. The van der Waals surface area contributed by atoms with Crippen LogP contribution in [-0.2, 0) is 30.9 Å². The third-order valence-corrected chi connectivity index (χ3v) is 3.41. The van der Waals surface area contributed by atoms with Gasteiger partial charge in [-0.25, -0.2) is 4.79 Å². The van der Waals surface area contributed by atoms with E-state index in [2.05, 4.69) is 5.32 Å². The molecule has 0 heterocycles. The number of hydrogen-bond acceptors (Lipinski definition) is 5. The molecule has 0 saturated carbocycles. The van der Waals surface area contributed by atoms with E-state index < -0.39 is 33.8 Å². The van der Waals surface area contributed by atoms with Crippen LogP contribution in [0.5, 0.6) is 0 Å². The number of esters is 1. The summed E-state index contributed by atoms with van der Waals surface area (Å²) in [7, 11) is -4.43. The number of amides is 1. The van der Waals surface area contributed by atoms with Crippen LogP contribution in [0.4, 0.5) is 0 Å². The van der Waals surface area contributed by atoms with Crippen molar-refractivity contribution in [2.45, 2.75) is 25.8 Å². The van der Waals surface area contributed by atoms with Crippen LogP contribution in [0.2, 0.25) is 0 Å². The maximum atomic E-state index is 11.9. The van der Waals surface area contributed by atoms with Crippen molar-refractivity contribution in [2.75, 3.05) is 12.4 Å². The average Bonchev–Trinajstić information content (AvgIpc) is 2.43. The lowest BCUT2D eigenvalue weighted by Gasteiger charge is -2.16. The van der Waals surface area contributed by atoms with Crippen molar-refractivity contribution in [3.05, 3.63) is 35.9 Å². The van der Waals surface area contributed by atoms with Crippen molar-refractivity contribution < 1.29 is 27.3 Å². The summed E-state index contributed by atoms with van der Waals surface area (Å²) in [5, 5.41) is 2.28. The Labute approximate surface area is 129 Å². The molecule has 7 nitrogen and oxygen atoms in total. The summed E-state index contributed by atoms with van der Waals surface area (Å²) in [5.74, 6) is -2.34. The van der Waals surface area contributed by atoms with E-state index in [1.54, 1.807) is 37.3 Å². The average molecular weight is 329 g/mol. The highest BCUT2D eigenvalue weighted by Gasteiger charge is 2.27. The molecule has 8 heteroatoms. The molecule has 0 bridgehead atoms. The lowest BCUT2D eigenvalue weighted by atomic mass is 10.1. The Balaban J connectivity index is 2.70. The van der Waals surface area contributed by atoms with Crippen molar-refractivity contribution in [3.63, 3.8) is 0 Å². The number of rotatable bonds is 8. The number of carbonyl (C=O) groups excluding carboxylic acids is 2. The van der Waals surface area contributed by atoms with E-state index >= 15 is 0 Å². The fourth-order valence-electron chi connectivity index (χ4n) is 1.71. The van der Waals surface area contributed by atoms with E-state index in [1.807, 2.05) is 0 Å². The lowest BCUT2D eigenvalue weighted by Crippen LogP contribution is -2.46. The first kappa shape index (κ1) is 18.1. The van der Waals surface area contributed by atoms with Gasteiger partial charge in [0, 0.05) is 0 Å². The highest BCUT2D eigenvalue weighted by molar-refractivity contribution is 7.85. The molecule has 1 atom stereocenters. The summed E-state index contributed by atoms with van der Waals surface area (Å²) in [6, 6.07) is 7.34. The molecule has 0 aliphatic rings. The topological polar surface area (TPSA) is 110 Å². The molecule has 0 aromatic heterocycles. The summed E-state index contributed by atoms with van der Waals surface area (Å²) in [6.07, 6.45) is 0.548. The van der Waals surface area contributed by atoms with Crippen LogP contribution in [0.25, 0.3) is 0 Å². The SMILES string of the molecule is CCCOC(=O)[C@H](CS(=O)(=O)O)NC(=O)Cc1ccccc1. The van der Waals surface area contributed by atoms with Gasteiger partial charge in [0.1, 0.15) is 11.8 Å². The highest BCUT2D eigenvalue weighted by Crippen LogP contribution is 2.01. The van der Waals surface area contributed by atoms with E-state index in [0.717, 1.165) is 0 Å². The molecule has 0 unspecified atom stereocenters. The Morgan fingerprint density at radius 3 is 2.45 bits per heavy atom. The first-order valence-electron chi connectivity index (χ1n) is 6.77. The summed E-state index contributed by atoms with van der Waals surface area (Å²) < 4.78 is 35.6. The van der Waals surface area contributed by atoms with Crippen LogP contribution in [0, 0.1) is 0 Å². The minimum atomic E-state index is -4.43. The van der Waals surface area contributed by atoms with Crippen LogP contribution >= 0.6 is 0 Å². The molecule has 22 heavy (non-hydrogen) atoms. The standard InChI is InChI=1S/C14H19NO6S/c1-2-8-21-14(17)12(10-22(18,19)20)15-13(16)9-11-6-4-3-5-7-11/h3-7,12H,2,8-10H2,1H3,(H,15,16)(H,18,19,20)/t12-/m0/s1. The Kier molecular flexibility index (Phi) is 7.00. The molecule has 0 aliphatic carbocycles. The van der Waals surface area contributed by atoms with Gasteiger partial charge in [-0.3, -0.25) is 9.35 Å². The fraction of sp³-hybridized carbons (Fsp3) is 0.429. The van der Waals surface area contributed by atoms with E-state index in [0.29, 0.717) is 12.0 Å². The van der Waals surface area contributed by atoms with E-state index in [-0.39, 0.29) is 13.0 Å². The zero-order valence-corrected chi connectivity index (χ0v) is 13.0. The second-order valence-electron chi connectivity index (χ2n) is 4.70. The van der Waals surface area contributed by atoms with Gasteiger partial charge in [0.15, 0.2) is 0 Å². The van der Waals surface area contributed by atoms with E-state index in [1.165, 1.54) is 0 Å². The molecular weight excluding hydrogens is 310 g/mol. The zero-order chi connectivity index (χ0) is 16.6. The van der Waals surface area contributed by atoms with Gasteiger partial charge in [-0.15, -0.1) is 0 Å². The number of carbonyl (C=O) groups is 2.